The van der Waals surface area contributed by atoms with Gasteiger partial charge in [-0.3, -0.25) is 9.59 Å². The molecule has 0 spiro atoms. The van der Waals surface area contributed by atoms with Crippen LogP contribution in [0, 0.1) is 44.3 Å². The summed E-state index contributed by atoms with van der Waals surface area (Å²) in [6, 6.07) is 0. The Bertz CT molecular complexity index is 1070. The van der Waals surface area contributed by atoms with Crippen molar-refractivity contribution in [2.75, 3.05) is 0 Å². The fourth-order valence-corrected chi connectivity index (χ4v) is 10.1. The zero-order valence-corrected chi connectivity index (χ0v) is 22.7. The summed E-state index contributed by atoms with van der Waals surface area (Å²) in [5, 5.41) is 42.5. The summed E-state index contributed by atoms with van der Waals surface area (Å²) in [5.41, 5.74) is -0.923. The van der Waals surface area contributed by atoms with Gasteiger partial charge < -0.3 is 20.4 Å². The van der Waals surface area contributed by atoms with Gasteiger partial charge in [0, 0.05) is 0 Å². The molecule has 200 valence electrons. The van der Waals surface area contributed by atoms with Crippen LogP contribution in [0.3, 0.4) is 0 Å². The Kier molecular flexibility index (Phi) is 5.39. The summed E-state index contributed by atoms with van der Waals surface area (Å²) in [6.45, 7) is 12.8. The molecule has 0 bridgehead atoms. The van der Waals surface area contributed by atoms with E-state index >= 15 is 0 Å². The summed E-state index contributed by atoms with van der Waals surface area (Å²) in [7, 11) is 0. The number of carboxylic acid groups (broad SMARTS) is 2. The number of carboxylic acids is 2. The van der Waals surface area contributed by atoms with Crippen LogP contribution < -0.4 is 0 Å². The normalized spacial score (nSPS) is 51.4. The number of aliphatic hydroxyl groups is 2. The predicted octanol–water partition coefficient (Wildman–Crippen LogP) is 5.19. The fraction of sp³-hybridized carbons (Fsp3) is 0.800. The molecule has 4 N–H and O–H groups in total. The lowest BCUT2D eigenvalue weighted by molar-refractivity contribution is -0.237. The van der Waals surface area contributed by atoms with E-state index < -0.39 is 40.4 Å². The molecule has 6 nitrogen and oxygen atoms in total. The van der Waals surface area contributed by atoms with E-state index in [1.807, 2.05) is 0 Å². The van der Waals surface area contributed by atoms with E-state index in [9.17, 15) is 30.0 Å². The van der Waals surface area contributed by atoms with E-state index in [1.165, 1.54) is 5.57 Å². The zero-order valence-electron chi connectivity index (χ0n) is 22.7. The number of aliphatic hydroxyl groups excluding tert-OH is 2. The Morgan fingerprint density at radius 1 is 0.833 bits per heavy atom. The molecule has 9 atom stereocenters. The van der Waals surface area contributed by atoms with Gasteiger partial charge in [-0.1, -0.05) is 46.8 Å². The largest absolute Gasteiger partial charge is 0.481 e. The fourth-order valence-electron chi connectivity index (χ4n) is 10.1. The molecule has 0 heterocycles. The number of hydrogen-bond acceptors (Lipinski definition) is 4. The number of hydrogen-bond donors (Lipinski definition) is 4. The second-order valence-electron chi connectivity index (χ2n) is 14.5. The summed E-state index contributed by atoms with van der Waals surface area (Å²) >= 11 is 0. The van der Waals surface area contributed by atoms with E-state index in [2.05, 4.69) is 46.8 Å². The Morgan fingerprint density at radius 3 is 2.08 bits per heavy atom. The monoisotopic (exact) mass is 500 g/mol. The van der Waals surface area contributed by atoms with E-state index in [-0.39, 0.29) is 28.1 Å². The number of rotatable bonds is 2. The molecular weight excluding hydrogens is 456 g/mol. The molecule has 0 aliphatic heterocycles. The first-order valence-electron chi connectivity index (χ1n) is 13.8. The van der Waals surface area contributed by atoms with Crippen LogP contribution in [-0.4, -0.2) is 44.6 Å². The third-order valence-electron chi connectivity index (χ3n) is 12.5. The van der Waals surface area contributed by atoms with Gasteiger partial charge in [0.2, 0.25) is 0 Å². The van der Waals surface area contributed by atoms with Crippen LogP contribution in [0.15, 0.2) is 23.3 Å². The van der Waals surface area contributed by atoms with Crippen molar-refractivity contribution in [2.45, 2.75) is 105 Å². The average molecular weight is 501 g/mol. The molecule has 0 aromatic heterocycles. The molecule has 0 amide bonds. The van der Waals surface area contributed by atoms with Crippen molar-refractivity contribution in [1.29, 1.82) is 0 Å². The van der Waals surface area contributed by atoms with Gasteiger partial charge in [0.15, 0.2) is 0 Å². The van der Waals surface area contributed by atoms with Crippen molar-refractivity contribution in [3.05, 3.63) is 23.3 Å². The SMILES string of the molecule is CC1(C)C=C2C3=CC[C@@H]4[C@@]5(C)C[C@@H](O)[C@H](O)[C@](C)(C(=O)O)[C@H]5CC[C@@]4(C)[C@]3(C)CC[C@@]2(C(=O)O)CC1. The van der Waals surface area contributed by atoms with E-state index in [0.717, 1.165) is 31.3 Å². The maximum absolute atomic E-state index is 12.7. The summed E-state index contributed by atoms with van der Waals surface area (Å²) in [4.78, 5) is 25.3. The Morgan fingerprint density at radius 2 is 1.47 bits per heavy atom. The molecule has 0 saturated heterocycles. The van der Waals surface area contributed by atoms with E-state index in [1.54, 1.807) is 6.92 Å². The van der Waals surface area contributed by atoms with Crippen molar-refractivity contribution in [3.8, 4) is 0 Å². The quantitative estimate of drug-likeness (QED) is 0.415. The Hall–Kier alpha value is -1.66. The highest BCUT2D eigenvalue weighted by atomic mass is 16.4. The van der Waals surface area contributed by atoms with Gasteiger partial charge >= 0.3 is 11.9 Å². The van der Waals surface area contributed by atoms with Gasteiger partial charge in [0.25, 0.3) is 0 Å². The molecule has 3 fully saturated rings. The minimum atomic E-state index is -1.40. The van der Waals surface area contributed by atoms with E-state index in [0.29, 0.717) is 25.7 Å². The van der Waals surface area contributed by atoms with Crippen molar-refractivity contribution in [1.82, 2.24) is 0 Å². The van der Waals surface area contributed by atoms with Crippen LogP contribution in [0.1, 0.15) is 92.9 Å². The Labute approximate surface area is 214 Å². The van der Waals surface area contributed by atoms with Crippen molar-refractivity contribution < 1.29 is 30.0 Å². The van der Waals surface area contributed by atoms with Crippen LogP contribution in [0.25, 0.3) is 0 Å². The van der Waals surface area contributed by atoms with Crippen molar-refractivity contribution in [3.63, 3.8) is 0 Å². The molecule has 0 aromatic rings. The van der Waals surface area contributed by atoms with Gasteiger partial charge in [-0.2, -0.15) is 0 Å². The second-order valence-corrected chi connectivity index (χ2v) is 14.5. The summed E-state index contributed by atoms with van der Waals surface area (Å²) in [5.74, 6) is -1.86. The van der Waals surface area contributed by atoms with E-state index in [4.69, 9.17) is 0 Å². The molecule has 0 aromatic carbocycles. The summed E-state index contributed by atoms with van der Waals surface area (Å²) in [6.07, 6.45) is 7.71. The lowest BCUT2D eigenvalue weighted by Crippen LogP contribution is -2.68. The van der Waals surface area contributed by atoms with Crippen molar-refractivity contribution >= 4 is 11.9 Å². The van der Waals surface area contributed by atoms with Gasteiger partial charge in [0.1, 0.15) is 0 Å². The van der Waals surface area contributed by atoms with Crippen LogP contribution >= 0.6 is 0 Å². The molecule has 5 aliphatic carbocycles. The maximum Gasteiger partial charge on any atom is 0.314 e. The van der Waals surface area contributed by atoms with Crippen LogP contribution in [0.4, 0.5) is 0 Å². The minimum Gasteiger partial charge on any atom is -0.481 e. The minimum absolute atomic E-state index is 0.0539. The summed E-state index contributed by atoms with van der Waals surface area (Å²) < 4.78 is 0. The standard InChI is InChI=1S/C30H44O6/c1-25(2)11-13-30(24(35)36)14-12-27(4)17(18(30)15-25)7-8-20-26(3)16-19(31)22(32)29(6,23(33)34)21(26)9-10-28(20,27)5/h7,15,19-22,31-32H,8-14,16H2,1-6H3,(H,33,34)(H,35,36)/t19-,20-,21+,22+,26-,27-,28-,29-,30+/m1/s1. The van der Waals surface area contributed by atoms with Crippen LogP contribution in [0.2, 0.25) is 0 Å². The topological polar surface area (TPSA) is 115 Å². The molecular formula is C30H44O6. The van der Waals surface area contributed by atoms with Gasteiger partial charge in [-0.15, -0.1) is 0 Å². The third-order valence-corrected chi connectivity index (χ3v) is 12.5. The number of aliphatic carboxylic acids is 2. The molecule has 0 unspecified atom stereocenters. The molecule has 5 aliphatic rings. The second kappa shape index (κ2) is 7.47. The first kappa shape index (κ1) is 26.0. The molecule has 5 rings (SSSR count). The molecule has 6 heteroatoms. The average Bonchev–Trinajstić information content (AvgIpc) is 2.77. The predicted molar refractivity (Wildman–Crippen MR) is 136 cm³/mol. The number of fused-ring (bicyclic) bond motifs is 7. The lowest BCUT2D eigenvalue weighted by Gasteiger charge is -2.70. The highest BCUT2D eigenvalue weighted by Crippen LogP contribution is 2.75. The highest BCUT2D eigenvalue weighted by Gasteiger charge is 2.71. The molecule has 0 radical (unpaired) electrons. The van der Waals surface area contributed by atoms with Crippen LogP contribution in [0.5, 0.6) is 0 Å². The first-order valence-corrected chi connectivity index (χ1v) is 13.8. The smallest absolute Gasteiger partial charge is 0.314 e. The van der Waals surface area contributed by atoms with Gasteiger partial charge in [-0.05, 0) is 103 Å². The van der Waals surface area contributed by atoms with Crippen molar-refractivity contribution in [2.24, 2.45) is 44.3 Å². The van der Waals surface area contributed by atoms with Crippen LogP contribution in [-0.2, 0) is 9.59 Å². The number of carbonyl (C=O) groups is 2. The molecule has 36 heavy (non-hydrogen) atoms. The molecule has 3 saturated carbocycles. The maximum atomic E-state index is 12.7. The third kappa shape index (κ3) is 2.92. The Balaban J connectivity index is 1.66. The lowest BCUT2D eigenvalue weighted by atomic mass is 9.34. The first-order chi connectivity index (χ1) is 16.5. The van der Waals surface area contributed by atoms with Gasteiger partial charge in [0.05, 0.1) is 23.0 Å². The van der Waals surface area contributed by atoms with Gasteiger partial charge in [-0.25, -0.2) is 0 Å². The number of allylic oxidation sites excluding steroid dienone is 3. The zero-order chi connectivity index (χ0) is 26.7. The highest BCUT2D eigenvalue weighted by molar-refractivity contribution is 5.82.